The van der Waals surface area contributed by atoms with E-state index < -0.39 is 27.6 Å². The molecule has 22 heavy (non-hydrogen) atoms. The zero-order chi connectivity index (χ0) is 15.9. The molecule has 3 rings (SSSR count). The summed E-state index contributed by atoms with van der Waals surface area (Å²) >= 11 is 0. The van der Waals surface area contributed by atoms with Crippen LogP contribution in [0.3, 0.4) is 0 Å². The Labute approximate surface area is 126 Å². The van der Waals surface area contributed by atoms with Crippen molar-refractivity contribution in [3.63, 3.8) is 0 Å². The highest BCUT2D eigenvalue weighted by Gasteiger charge is 2.24. The molecule has 0 unspecified atom stereocenters. The summed E-state index contributed by atoms with van der Waals surface area (Å²) in [4.78, 5) is 16.6. The molecule has 1 aliphatic heterocycles. The number of sulfone groups is 1. The Morgan fingerprint density at radius 2 is 2.14 bits per heavy atom. The van der Waals surface area contributed by atoms with Crippen LogP contribution in [0.15, 0.2) is 35.7 Å². The molecule has 0 aliphatic carbocycles. The van der Waals surface area contributed by atoms with Crippen LogP contribution in [0.2, 0.25) is 0 Å². The second-order valence-corrected chi connectivity index (χ2v) is 7.14. The number of halogens is 1. The highest BCUT2D eigenvalue weighted by molar-refractivity contribution is 7.94. The zero-order valence-corrected chi connectivity index (χ0v) is 12.5. The van der Waals surface area contributed by atoms with Gasteiger partial charge in [0.05, 0.1) is 22.9 Å². The third-order valence-electron chi connectivity index (χ3n) is 3.39. The van der Waals surface area contributed by atoms with Gasteiger partial charge in [0.15, 0.2) is 9.84 Å². The first-order valence-electron chi connectivity index (χ1n) is 6.63. The molecule has 1 aliphatic rings. The Morgan fingerprint density at radius 1 is 1.36 bits per heavy atom. The molecule has 1 N–H and O–H groups in total. The fourth-order valence-corrected chi connectivity index (χ4v) is 3.67. The number of aromatic nitrogens is 1. The average molecular weight is 320 g/mol. The van der Waals surface area contributed by atoms with Crippen molar-refractivity contribution < 1.29 is 17.6 Å². The lowest BCUT2D eigenvalue weighted by molar-refractivity contribution is 0.0949. The molecule has 1 aromatic heterocycles. The van der Waals surface area contributed by atoms with E-state index in [1.807, 2.05) is 0 Å². The number of hydrogen-bond donors (Lipinski definition) is 1. The van der Waals surface area contributed by atoms with Crippen molar-refractivity contribution in [1.29, 1.82) is 0 Å². The Bertz CT molecular complexity index is 901. The van der Waals surface area contributed by atoms with Gasteiger partial charge in [-0.15, -0.1) is 0 Å². The highest BCUT2D eigenvalue weighted by atomic mass is 32.2. The van der Waals surface area contributed by atoms with Gasteiger partial charge >= 0.3 is 0 Å². The summed E-state index contributed by atoms with van der Waals surface area (Å²) in [5.74, 6) is -0.981. The summed E-state index contributed by atoms with van der Waals surface area (Å²) in [6.45, 7) is 1.71. The van der Waals surface area contributed by atoms with Gasteiger partial charge in [-0.1, -0.05) is 0 Å². The molecule has 1 atom stereocenters. The average Bonchev–Trinajstić information content (AvgIpc) is 2.76. The molecule has 0 saturated heterocycles. The standard InChI is InChI=1S/C15H13FN2O3S/c1-9-6-13(12-3-2-10(16)7-14(12)17-9)15(19)18-11-4-5-22(20,21)8-11/h2-7,11H,8H2,1H3,(H,18,19)/t11-/m0/s1. The van der Waals surface area contributed by atoms with Crippen LogP contribution in [-0.4, -0.2) is 31.1 Å². The smallest absolute Gasteiger partial charge is 0.252 e. The maximum absolute atomic E-state index is 13.3. The van der Waals surface area contributed by atoms with Crippen LogP contribution < -0.4 is 5.32 Å². The van der Waals surface area contributed by atoms with Gasteiger partial charge in [-0.2, -0.15) is 0 Å². The van der Waals surface area contributed by atoms with E-state index in [1.165, 1.54) is 24.3 Å². The quantitative estimate of drug-likeness (QED) is 0.914. The molecule has 0 bridgehead atoms. The molecule has 1 aromatic carbocycles. The van der Waals surface area contributed by atoms with E-state index in [-0.39, 0.29) is 5.75 Å². The van der Waals surface area contributed by atoms with Gasteiger partial charge in [-0.25, -0.2) is 12.8 Å². The molecule has 1 amide bonds. The predicted molar refractivity (Wildman–Crippen MR) is 80.6 cm³/mol. The summed E-state index contributed by atoms with van der Waals surface area (Å²) in [6.07, 6.45) is 1.45. The van der Waals surface area contributed by atoms with Gasteiger partial charge < -0.3 is 5.32 Å². The van der Waals surface area contributed by atoms with Crippen LogP contribution in [0.25, 0.3) is 10.9 Å². The maximum Gasteiger partial charge on any atom is 0.252 e. The summed E-state index contributed by atoms with van der Waals surface area (Å²) < 4.78 is 36.0. The van der Waals surface area contributed by atoms with Gasteiger partial charge in [0, 0.05) is 22.6 Å². The molecule has 0 spiro atoms. The van der Waals surface area contributed by atoms with Crippen molar-refractivity contribution in [3.05, 3.63) is 52.8 Å². The van der Waals surface area contributed by atoms with Crippen LogP contribution >= 0.6 is 0 Å². The Kier molecular flexibility index (Phi) is 3.44. The van der Waals surface area contributed by atoms with Gasteiger partial charge in [0.1, 0.15) is 5.82 Å². The second kappa shape index (κ2) is 5.17. The number of nitrogens with zero attached hydrogens (tertiary/aromatic N) is 1. The predicted octanol–water partition coefficient (Wildman–Crippen LogP) is 1.72. The van der Waals surface area contributed by atoms with Crippen LogP contribution in [0, 0.1) is 12.7 Å². The summed E-state index contributed by atoms with van der Waals surface area (Å²) in [6, 6.07) is 5.06. The van der Waals surface area contributed by atoms with Crippen LogP contribution in [-0.2, 0) is 9.84 Å². The van der Waals surface area contributed by atoms with E-state index in [1.54, 1.807) is 13.0 Å². The van der Waals surface area contributed by atoms with Crippen molar-refractivity contribution in [3.8, 4) is 0 Å². The number of nitrogens with one attached hydrogen (secondary N) is 1. The normalized spacial score (nSPS) is 19.5. The molecule has 2 heterocycles. The SMILES string of the molecule is Cc1cc(C(=O)N[C@H]2C=CS(=O)(=O)C2)c2ccc(F)cc2n1. The molecule has 0 fully saturated rings. The van der Waals surface area contributed by atoms with Crippen LogP contribution in [0.5, 0.6) is 0 Å². The number of aryl methyl sites for hydroxylation is 1. The largest absolute Gasteiger partial charge is 0.345 e. The lowest BCUT2D eigenvalue weighted by atomic mass is 10.1. The van der Waals surface area contributed by atoms with Gasteiger partial charge in [0.25, 0.3) is 5.91 Å². The highest BCUT2D eigenvalue weighted by Crippen LogP contribution is 2.20. The van der Waals surface area contributed by atoms with Gasteiger partial charge in [-0.05, 0) is 31.2 Å². The molecule has 0 radical (unpaired) electrons. The number of rotatable bonds is 2. The topological polar surface area (TPSA) is 76.1 Å². The van der Waals surface area contributed by atoms with Crippen molar-refractivity contribution in [2.75, 3.05) is 5.75 Å². The number of amides is 1. The molecule has 7 heteroatoms. The first-order valence-corrected chi connectivity index (χ1v) is 8.34. The fraction of sp³-hybridized carbons (Fsp3) is 0.200. The lowest BCUT2D eigenvalue weighted by Crippen LogP contribution is -2.35. The first kappa shape index (κ1) is 14.6. The van der Waals surface area contributed by atoms with E-state index in [2.05, 4.69) is 10.3 Å². The molecular weight excluding hydrogens is 307 g/mol. The lowest BCUT2D eigenvalue weighted by Gasteiger charge is -2.12. The number of benzene rings is 1. The molecule has 0 saturated carbocycles. The minimum Gasteiger partial charge on any atom is -0.345 e. The van der Waals surface area contributed by atoms with Crippen molar-refractivity contribution in [2.24, 2.45) is 0 Å². The van der Waals surface area contributed by atoms with E-state index in [0.717, 1.165) is 5.41 Å². The van der Waals surface area contributed by atoms with E-state index in [4.69, 9.17) is 0 Å². The zero-order valence-electron chi connectivity index (χ0n) is 11.7. The van der Waals surface area contributed by atoms with Crippen molar-refractivity contribution in [1.82, 2.24) is 10.3 Å². The number of pyridine rings is 1. The van der Waals surface area contributed by atoms with Crippen molar-refractivity contribution >= 4 is 26.6 Å². The van der Waals surface area contributed by atoms with Crippen LogP contribution in [0.1, 0.15) is 16.1 Å². The minimum absolute atomic E-state index is 0.143. The van der Waals surface area contributed by atoms with Gasteiger partial charge in [0.2, 0.25) is 0 Å². The summed E-state index contributed by atoms with van der Waals surface area (Å²) in [5.41, 5.74) is 1.32. The third-order valence-corrected chi connectivity index (χ3v) is 4.79. The molecule has 2 aromatic rings. The van der Waals surface area contributed by atoms with E-state index in [0.29, 0.717) is 22.2 Å². The number of hydrogen-bond acceptors (Lipinski definition) is 4. The third kappa shape index (κ3) is 2.85. The number of fused-ring (bicyclic) bond motifs is 1. The summed E-state index contributed by atoms with van der Waals surface area (Å²) in [5, 5.41) is 4.28. The van der Waals surface area contributed by atoms with Crippen LogP contribution in [0.4, 0.5) is 4.39 Å². The number of carbonyl (C=O) groups is 1. The first-order chi connectivity index (χ1) is 10.3. The van der Waals surface area contributed by atoms with E-state index in [9.17, 15) is 17.6 Å². The van der Waals surface area contributed by atoms with Gasteiger partial charge in [-0.3, -0.25) is 9.78 Å². The Morgan fingerprint density at radius 3 is 2.82 bits per heavy atom. The monoisotopic (exact) mass is 320 g/mol. The Balaban J connectivity index is 1.96. The maximum atomic E-state index is 13.3. The second-order valence-electron chi connectivity index (χ2n) is 5.21. The Hall–Kier alpha value is -2.28. The minimum atomic E-state index is -3.24. The molecular formula is C15H13FN2O3S. The number of carbonyl (C=O) groups excluding carboxylic acids is 1. The van der Waals surface area contributed by atoms with E-state index >= 15 is 0 Å². The molecule has 114 valence electrons. The summed E-state index contributed by atoms with van der Waals surface area (Å²) in [7, 11) is -3.24. The fourth-order valence-electron chi connectivity index (χ4n) is 2.43. The molecule has 5 nitrogen and oxygen atoms in total. The van der Waals surface area contributed by atoms with Crippen molar-refractivity contribution in [2.45, 2.75) is 13.0 Å².